The van der Waals surface area contributed by atoms with Gasteiger partial charge in [-0.15, -0.1) is 0 Å². The van der Waals surface area contributed by atoms with E-state index in [1.54, 1.807) is 0 Å². The van der Waals surface area contributed by atoms with Gasteiger partial charge in [0.1, 0.15) is 5.82 Å². The highest BCUT2D eigenvalue weighted by Crippen LogP contribution is 2.29. The van der Waals surface area contributed by atoms with E-state index in [4.69, 9.17) is 0 Å². The minimum Gasteiger partial charge on any atom is -0.356 e. The molecule has 1 aromatic heterocycles. The topological polar surface area (TPSA) is 28.2 Å². The first kappa shape index (κ1) is 13.3. The van der Waals surface area contributed by atoms with Gasteiger partial charge in [0.05, 0.1) is 0 Å². The summed E-state index contributed by atoms with van der Waals surface area (Å²) in [6, 6.07) is 4.85. The van der Waals surface area contributed by atoms with Crippen molar-refractivity contribution in [2.75, 3.05) is 19.0 Å². The normalized spacial score (nSPS) is 23.9. The summed E-state index contributed by atoms with van der Waals surface area (Å²) in [4.78, 5) is 6.96. The molecule has 1 fully saturated rings. The Morgan fingerprint density at radius 2 is 2.06 bits per heavy atom. The van der Waals surface area contributed by atoms with Crippen LogP contribution in [0.5, 0.6) is 0 Å². The summed E-state index contributed by atoms with van der Waals surface area (Å²) in [5.74, 6) is 2.04. The molecule has 1 saturated carbocycles. The van der Waals surface area contributed by atoms with Gasteiger partial charge in [-0.1, -0.05) is 13.0 Å². The van der Waals surface area contributed by atoms with Crippen LogP contribution in [0.4, 0.5) is 5.82 Å². The Labute approximate surface area is 111 Å². The summed E-state index contributed by atoms with van der Waals surface area (Å²) in [7, 11) is 4.18. The maximum atomic E-state index is 4.58. The number of nitrogens with one attached hydrogen (secondary N) is 1. The predicted octanol–water partition coefficient (Wildman–Crippen LogP) is 2.82. The number of hydrogen-bond donors (Lipinski definition) is 1. The molecule has 0 unspecified atom stereocenters. The van der Waals surface area contributed by atoms with Gasteiger partial charge in [0.25, 0.3) is 0 Å². The molecule has 0 spiro atoms. The minimum absolute atomic E-state index is 0.659. The fraction of sp³-hybridized carbons (Fsp3) is 0.667. The average molecular weight is 247 g/mol. The quantitative estimate of drug-likeness (QED) is 0.887. The predicted molar refractivity (Wildman–Crippen MR) is 76.8 cm³/mol. The zero-order valence-corrected chi connectivity index (χ0v) is 11.8. The van der Waals surface area contributed by atoms with E-state index in [9.17, 15) is 0 Å². The molecule has 2 rings (SSSR count). The summed E-state index contributed by atoms with van der Waals surface area (Å²) in [6.45, 7) is 3.25. The van der Waals surface area contributed by atoms with Crippen LogP contribution in [0.15, 0.2) is 18.3 Å². The van der Waals surface area contributed by atoms with Crippen molar-refractivity contribution < 1.29 is 0 Å². The largest absolute Gasteiger partial charge is 0.356 e. The number of nitrogens with zero attached hydrogens (tertiary/aromatic N) is 2. The molecule has 1 aliphatic rings. The average Bonchev–Trinajstić information content (AvgIpc) is 2.40. The molecule has 1 N–H and O–H groups in total. The van der Waals surface area contributed by atoms with E-state index in [-0.39, 0.29) is 0 Å². The molecule has 0 aliphatic heterocycles. The molecule has 3 nitrogen and oxygen atoms in total. The Bertz CT molecular complexity index is 370. The maximum absolute atomic E-state index is 4.58. The van der Waals surface area contributed by atoms with Crippen LogP contribution in [0.25, 0.3) is 0 Å². The van der Waals surface area contributed by atoms with E-state index in [1.165, 1.54) is 31.2 Å². The lowest BCUT2D eigenvalue weighted by Gasteiger charge is -2.35. The highest BCUT2D eigenvalue weighted by atomic mass is 15.2. The van der Waals surface area contributed by atoms with Crippen molar-refractivity contribution in [2.45, 2.75) is 45.2 Å². The molecule has 0 radical (unpaired) electrons. The molecule has 1 aliphatic carbocycles. The Morgan fingerprint density at radius 3 is 2.72 bits per heavy atom. The van der Waals surface area contributed by atoms with Crippen molar-refractivity contribution in [3.63, 3.8) is 0 Å². The Morgan fingerprint density at radius 1 is 1.33 bits per heavy atom. The lowest BCUT2D eigenvalue weighted by molar-refractivity contribution is 0.339. The Balaban J connectivity index is 2.10. The maximum Gasteiger partial charge on any atom is 0.132 e. The number of aromatic nitrogens is 1. The van der Waals surface area contributed by atoms with Crippen molar-refractivity contribution in [1.29, 1.82) is 0 Å². The van der Waals surface area contributed by atoms with Crippen LogP contribution in [0.1, 0.15) is 38.2 Å². The molecular weight excluding hydrogens is 222 g/mol. The first-order valence-corrected chi connectivity index (χ1v) is 7.03. The smallest absolute Gasteiger partial charge is 0.132 e. The SMILES string of the molecule is CNCc1cccnc1N(C)C1CCC(C)CC1. The number of hydrogen-bond acceptors (Lipinski definition) is 3. The summed E-state index contributed by atoms with van der Waals surface area (Å²) in [6.07, 6.45) is 7.20. The lowest BCUT2D eigenvalue weighted by atomic mass is 9.86. The summed E-state index contributed by atoms with van der Waals surface area (Å²) in [5, 5.41) is 3.22. The van der Waals surface area contributed by atoms with Gasteiger partial charge in [-0.2, -0.15) is 0 Å². The van der Waals surface area contributed by atoms with Gasteiger partial charge in [-0.3, -0.25) is 0 Å². The highest BCUT2D eigenvalue weighted by molar-refractivity contribution is 5.47. The van der Waals surface area contributed by atoms with Crippen molar-refractivity contribution >= 4 is 5.82 Å². The molecule has 1 aromatic rings. The zero-order chi connectivity index (χ0) is 13.0. The lowest BCUT2D eigenvalue weighted by Crippen LogP contribution is -2.36. The molecule has 0 amide bonds. The van der Waals surface area contributed by atoms with Gasteiger partial charge in [-0.05, 0) is 44.7 Å². The molecule has 3 heteroatoms. The van der Waals surface area contributed by atoms with Crippen LogP contribution in [0, 0.1) is 5.92 Å². The number of pyridine rings is 1. The van der Waals surface area contributed by atoms with Gasteiger partial charge >= 0.3 is 0 Å². The van der Waals surface area contributed by atoms with Crippen LogP contribution in [-0.4, -0.2) is 25.1 Å². The first-order valence-electron chi connectivity index (χ1n) is 7.03. The summed E-state index contributed by atoms with van der Waals surface area (Å²) in [5.41, 5.74) is 1.29. The fourth-order valence-corrected chi connectivity index (χ4v) is 2.88. The second kappa shape index (κ2) is 6.19. The number of rotatable bonds is 4. The van der Waals surface area contributed by atoms with Crippen LogP contribution in [-0.2, 0) is 6.54 Å². The van der Waals surface area contributed by atoms with Crippen LogP contribution in [0.3, 0.4) is 0 Å². The van der Waals surface area contributed by atoms with Crippen LogP contribution >= 0.6 is 0 Å². The van der Waals surface area contributed by atoms with Gasteiger partial charge in [-0.25, -0.2) is 4.98 Å². The molecule has 0 atom stereocenters. The van der Waals surface area contributed by atoms with Crippen molar-refractivity contribution in [2.24, 2.45) is 5.92 Å². The van der Waals surface area contributed by atoms with Crippen molar-refractivity contribution in [3.8, 4) is 0 Å². The third-order valence-corrected chi connectivity index (χ3v) is 4.10. The third-order valence-electron chi connectivity index (χ3n) is 4.10. The first-order chi connectivity index (χ1) is 8.72. The molecule has 0 aromatic carbocycles. The zero-order valence-electron chi connectivity index (χ0n) is 11.8. The number of anilines is 1. The standard InChI is InChI=1S/C15H25N3/c1-12-6-8-14(9-7-12)18(3)15-13(11-16-2)5-4-10-17-15/h4-5,10,12,14,16H,6-9,11H2,1-3H3. The molecule has 18 heavy (non-hydrogen) atoms. The molecule has 0 bridgehead atoms. The fourth-order valence-electron chi connectivity index (χ4n) is 2.88. The highest BCUT2D eigenvalue weighted by Gasteiger charge is 2.23. The van der Waals surface area contributed by atoms with E-state index in [0.717, 1.165) is 18.3 Å². The van der Waals surface area contributed by atoms with Crippen molar-refractivity contribution in [3.05, 3.63) is 23.9 Å². The molecule has 0 saturated heterocycles. The van der Waals surface area contributed by atoms with Gasteiger partial charge in [0, 0.05) is 31.4 Å². The van der Waals surface area contributed by atoms with Crippen LogP contribution < -0.4 is 10.2 Å². The van der Waals surface area contributed by atoms with Gasteiger partial charge in [0.15, 0.2) is 0 Å². The molecular formula is C15H25N3. The summed E-state index contributed by atoms with van der Waals surface area (Å²) >= 11 is 0. The van der Waals surface area contributed by atoms with E-state index in [0.29, 0.717) is 6.04 Å². The molecule has 100 valence electrons. The van der Waals surface area contributed by atoms with E-state index in [2.05, 4.69) is 35.2 Å². The van der Waals surface area contributed by atoms with Crippen molar-refractivity contribution in [1.82, 2.24) is 10.3 Å². The minimum atomic E-state index is 0.659. The monoisotopic (exact) mass is 247 g/mol. The Kier molecular flexibility index (Phi) is 4.59. The Hall–Kier alpha value is -1.09. The third kappa shape index (κ3) is 3.02. The second-order valence-corrected chi connectivity index (χ2v) is 5.54. The second-order valence-electron chi connectivity index (χ2n) is 5.54. The van der Waals surface area contributed by atoms with Gasteiger partial charge < -0.3 is 10.2 Å². The summed E-state index contributed by atoms with van der Waals surface area (Å²) < 4.78 is 0. The van der Waals surface area contributed by atoms with E-state index < -0.39 is 0 Å². The van der Waals surface area contributed by atoms with E-state index >= 15 is 0 Å². The van der Waals surface area contributed by atoms with E-state index in [1.807, 2.05) is 19.3 Å². The van der Waals surface area contributed by atoms with Crippen LogP contribution in [0.2, 0.25) is 0 Å². The molecule has 1 heterocycles. The van der Waals surface area contributed by atoms with Gasteiger partial charge in [0.2, 0.25) is 0 Å².